The molecule has 0 aliphatic carbocycles. The van der Waals surface area contributed by atoms with E-state index in [0.717, 1.165) is 13.0 Å². The van der Waals surface area contributed by atoms with Crippen molar-refractivity contribution >= 4 is 5.91 Å². The SMILES string of the molecule is C=CCOCC(=O)N1CCC(N)C(C)(C)C1. The van der Waals surface area contributed by atoms with Gasteiger partial charge in [0.1, 0.15) is 6.61 Å². The van der Waals surface area contributed by atoms with Crippen molar-refractivity contribution in [1.82, 2.24) is 4.90 Å². The van der Waals surface area contributed by atoms with Crippen molar-refractivity contribution in [2.45, 2.75) is 26.3 Å². The summed E-state index contributed by atoms with van der Waals surface area (Å²) < 4.78 is 5.15. The summed E-state index contributed by atoms with van der Waals surface area (Å²) in [5, 5.41) is 0. The minimum atomic E-state index is -0.00759. The highest BCUT2D eigenvalue weighted by atomic mass is 16.5. The molecule has 0 saturated carbocycles. The molecule has 16 heavy (non-hydrogen) atoms. The summed E-state index contributed by atoms with van der Waals surface area (Å²) in [4.78, 5) is 13.6. The Morgan fingerprint density at radius 1 is 1.69 bits per heavy atom. The van der Waals surface area contributed by atoms with Crippen LogP contribution in [-0.4, -0.2) is 43.2 Å². The second kappa shape index (κ2) is 5.46. The van der Waals surface area contributed by atoms with Gasteiger partial charge in [-0.3, -0.25) is 4.79 Å². The van der Waals surface area contributed by atoms with Gasteiger partial charge in [-0.2, -0.15) is 0 Å². The molecule has 1 aliphatic heterocycles. The molecule has 4 nitrogen and oxygen atoms in total. The number of carbonyl (C=O) groups excluding carboxylic acids is 1. The van der Waals surface area contributed by atoms with Crippen LogP contribution < -0.4 is 5.73 Å². The molecule has 0 aromatic rings. The molecular weight excluding hydrogens is 204 g/mol. The largest absolute Gasteiger partial charge is 0.368 e. The van der Waals surface area contributed by atoms with Gasteiger partial charge in [0.2, 0.25) is 5.91 Å². The first-order valence-electron chi connectivity index (χ1n) is 5.69. The number of amides is 1. The molecule has 1 atom stereocenters. The number of rotatable bonds is 4. The second-order valence-electron chi connectivity index (χ2n) is 5.00. The van der Waals surface area contributed by atoms with E-state index >= 15 is 0 Å². The molecule has 1 saturated heterocycles. The first-order valence-corrected chi connectivity index (χ1v) is 5.69. The molecular formula is C12H22N2O2. The molecule has 0 aromatic heterocycles. The summed E-state index contributed by atoms with van der Waals surface area (Å²) in [5.74, 6) is 0.0434. The van der Waals surface area contributed by atoms with E-state index in [0.29, 0.717) is 13.2 Å². The fourth-order valence-electron chi connectivity index (χ4n) is 1.91. The van der Waals surface area contributed by atoms with Crippen LogP contribution in [0.15, 0.2) is 12.7 Å². The molecule has 1 unspecified atom stereocenters. The van der Waals surface area contributed by atoms with Gasteiger partial charge in [0.25, 0.3) is 0 Å². The summed E-state index contributed by atoms with van der Waals surface area (Å²) in [6, 6.07) is 0.172. The smallest absolute Gasteiger partial charge is 0.248 e. The number of piperidine rings is 1. The second-order valence-corrected chi connectivity index (χ2v) is 5.00. The summed E-state index contributed by atoms with van der Waals surface area (Å²) in [7, 11) is 0. The molecule has 0 bridgehead atoms. The van der Waals surface area contributed by atoms with Crippen LogP contribution >= 0.6 is 0 Å². The normalized spacial score (nSPS) is 24.2. The molecule has 0 spiro atoms. The molecule has 2 N–H and O–H groups in total. The van der Waals surface area contributed by atoms with Gasteiger partial charge in [-0.05, 0) is 11.8 Å². The maximum absolute atomic E-state index is 11.8. The molecule has 92 valence electrons. The van der Waals surface area contributed by atoms with Crippen LogP contribution in [0.1, 0.15) is 20.3 Å². The van der Waals surface area contributed by atoms with Crippen molar-refractivity contribution in [3.8, 4) is 0 Å². The first kappa shape index (κ1) is 13.2. The molecule has 1 aliphatic rings. The Hall–Kier alpha value is -0.870. The molecule has 1 amide bonds. The molecule has 1 rings (SSSR count). The number of nitrogens with two attached hydrogens (primary N) is 1. The number of nitrogens with zero attached hydrogens (tertiary/aromatic N) is 1. The van der Waals surface area contributed by atoms with Crippen molar-refractivity contribution in [3.05, 3.63) is 12.7 Å². The zero-order chi connectivity index (χ0) is 12.2. The zero-order valence-electron chi connectivity index (χ0n) is 10.2. The molecule has 1 fully saturated rings. The average Bonchev–Trinajstić information content (AvgIpc) is 2.22. The number of hydrogen-bond acceptors (Lipinski definition) is 3. The highest BCUT2D eigenvalue weighted by Crippen LogP contribution is 2.27. The molecule has 1 heterocycles. The summed E-state index contributed by atoms with van der Waals surface area (Å²) in [6.07, 6.45) is 2.50. The van der Waals surface area contributed by atoms with Crippen LogP contribution in [0.5, 0.6) is 0 Å². The predicted octanol–water partition coefficient (Wildman–Crippen LogP) is 0.775. The van der Waals surface area contributed by atoms with E-state index in [1.165, 1.54) is 0 Å². The van der Waals surface area contributed by atoms with E-state index in [9.17, 15) is 4.79 Å². The van der Waals surface area contributed by atoms with Crippen molar-refractivity contribution < 1.29 is 9.53 Å². The predicted molar refractivity (Wildman–Crippen MR) is 64.0 cm³/mol. The maximum atomic E-state index is 11.8. The Bertz CT molecular complexity index is 264. The lowest BCUT2D eigenvalue weighted by molar-refractivity contribution is -0.139. The van der Waals surface area contributed by atoms with Gasteiger partial charge in [0.15, 0.2) is 0 Å². The summed E-state index contributed by atoms with van der Waals surface area (Å²) >= 11 is 0. The van der Waals surface area contributed by atoms with Gasteiger partial charge >= 0.3 is 0 Å². The Morgan fingerprint density at radius 2 is 2.38 bits per heavy atom. The van der Waals surface area contributed by atoms with E-state index in [-0.39, 0.29) is 24.0 Å². The van der Waals surface area contributed by atoms with Crippen LogP contribution in [0.4, 0.5) is 0 Å². The van der Waals surface area contributed by atoms with Crippen molar-refractivity contribution in [2.75, 3.05) is 26.3 Å². The van der Waals surface area contributed by atoms with Gasteiger partial charge in [0, 0.05) is 19.1 Å². The molecule has 0 radical (unpaired) electrons. The van der Waals surface area contributed by atoms with Crippen LogP contribution in [0.2, 0.25) is 0 Å². The fourth-order valence-corrected chi connectivity index (χ4v) is 1.91. The highest BCUT2D eigenvalue weighted by molar-refractivity contribution is 5.77. The fraction of sp³-hybridized carbons (Fsp3) is 0.750. The summed E-state index contributed by atoms with van der Waals surface area (Å²) in [6.45, 7) is 9.74. The van der Waals surface area contributed by atoms with Crippen LogP contribution in [0.3, 0.4) is 0 Å². The number of likely N-dealkylation sites (tertiary alicyclic amines) is 1. The molecule has 4 heteroatoms. The van der Waals surface area contributed by atoms with Gasteiger partial charge < -0.3 is 15.4 Å². The summed E-state index contributed by atoms with van der Waals surface area (Å²) in [5.41, 5.74) is 6.01. The van der Waals surface area contributed by atoms with Crippen molar-refractivity contribution in [3.63, 3.8) is 0 Å². The Morgan fingerprint density at radius 3 is 2.94 bits per heavy atom. The van der Waals surface area contributed by atoms with E-state index in [1.807, 2.05) is 4.90 Å². The minimum Gasteiger partial charge on any atom is -0.368 e. The van der Waals surface area contributed by atoms with Gasteiger partial charge in [-0.1, -0.05) is 19.9 Å². The number of hydrogen-bond donors (Lipinski definition) is 1. The lowest BCUT2D eigenvalue weighted by atomic mass is 9.80. The lowest BCUT2D eigenvalue weighted by Crippen LogP contribution is -2.54. The topological polar surface area (TPSA) is 55.6 Å². The van der Waals surface area contributed by atoms with Crippen LogP contribution in [0.25, 0.3) is 0 Å². The third kappa shape index (κ3) is 3.32. The third-order valence-corrected chi connectivity index (χ3v) is 3.13. The standard InChI is InChI=1S/C12H22N2O2/c1-4-7-16-8-11(15)14-6-5-10(13)12(2,3)9-14/h4,10H,1,5-9,13H2,2-3H3. The van der Waals surface area contributed by atoms with Gasteiger partial charge in [0.05, 0.1) is 6.61 Å². The Kier molecular flexibility index (Phi) is 4.50. The van der Waals surface area contributed by atoms with Crippen LogP contribution in [0, 0.1) is 5.41 Å². The van der Waals surface area contributed by atoms with Crippen molar-refractivity contribution in [2.24, 2.45) is 11.1 Å². The lowest BCUT2D eigenvalue weighted by Gasteiger charge is -2.42. The van der Waals surface area contributed by atoms with E-state index in [4.69, 9.17) is 10.5 Å². The Balaban J connectivity index is 2.43. The Labute approximate surface area is 97.4 Å². The average molecular weight is 226 g/mol. The maximum Gasteiger partial charge on any atom is 0.248 e. The van der Waals surface area contributed by atoms with E-state index in [1.54, 1.807) is 6.08 Å². The highest BCUT2D eigenvalue weighted by Gasteiger charge is 2.35. The molecule has 0 aromatic carbocycles. The minimum absolute atomic E-state index is 0.00759. The number of carbonyl (C=O) groups is 1. The van der Waals surface area contributed by atoms with Crippen LogP contribution in [-0.2, 0) is 9.53 Å². The van der Waals surface area contributed by atoms with E-state index in [2.05, 4.69) is 20.4 Å². The third-order valence-electron chi connectivity index (χ3n) is 3.13. The van der Waals surface area contributed by atoms with Gasteiger partial charge in [-0.15, -0.1) is 6.58 Å². The monoisotopic (exact) mass is 226 g/mol. The zero-order valence-corrected chi connectivity index (χ0v) is 10.2. The van der Waals surface area contributed by atoms with Crippen molar-refractivity contribution in [1.29, 1.82) is 0 Å². The quantitative estimate of drug-likeness (QED) is 0.569. The van der Waals surface area contributed by atoms with E-state index < -0.39 is 0 Å². The van der Waals surface area contributed by atoms with Gasteiger partial charge in [-0.25, -0.2) is 0 Å². The first-order chi connectivity index (χ1) is 7.47. The number of ether oxygens (including phenoxy) is 1.